The minimum absolute atomic E-state index is 0.0610. The highest BCUT2D eigenvalue weighted by Gasteiger charge is 2.22. The Hall–Kier alpha value is -1.98. The predicted molar refractivity (Wildman–Crippen MR) is 66.0 cm³/mol. The van der Waals surface area contributed by atoms with Gasteiger partial charge in [-0.1, -0.05) is 19.9 Å². The standard InChI is InChI=1S/C13H16F2N2O2/c1-7(2)12(13(16)19)17-11(18)5-8-3-4-9(14)6-10(8)15/h3-4,6-7,12H,5H2,1-2H3,(H2,16,19)(H,17,18)/t12-/m0/s1. The van der Waals surface area contributed by atoms with Crippen LogP contribution in [0.2, 0.25) is 0 Å². The molecule has 19 heavy (non-hydrogen) atoms. The maximum atomic E-state index is 13.4. The van der Waals surface area contributed by atoms with Crippen LogP contribution in [0.4, 0.5) is 8.78 Å². The van der Waals surface area contributed by atoms with Gasteiger partial charge < -0.3 is 11.1 Å². The van der Waals surface area contributed by atoms with E-state index in [2.05, 4.69) is 5.32 Å². The van der Waals surface area contributed by atoms with Gasteiger partial charge in [0.05, 0.1) is 6.42 Å². The van der Waals surface area contributed by atoms with Crippen LogP contribution in [0.15, 0.2) is 18.2 Å². The van der Waals surface area contributed by atoms with Crippen LogP contribution in [0.3, 0.4) is 0 Å². The Kier molecular flexibility index (Phi) is 4.97. The maximum absolute atomic E-state index is 13.4. The van der Waals surface area contributed by atoms with Crippen LogP contribution in [0, 0.1) is 17.6 Å². The fourth-order valence-electron chi connectivity index (χ4n) is 1.63. The quantitative estimate of drug-likeness (QED) is 0.842. The van der Waals surface area contributed by atoms with Crippen molar-refractivity contribution in [3.8, 4) is 0 Å². The normalized spacial score (nSPS) is 12.3. The number of amides is 2. The number of carbonyl (C=O) groups is 2. The summed E-state index contributed by atoms with van der Waals surface area (Å²) in [5, 5.41) is 2.43. The average molecular weight is 270 g/mol. The van der Waals surface area contributed by atoms with E-state index in [9.17, 15) is 18.4 Å². The molecule has 1 rings (SSSR count). The Labute approximate surface area is 110 Å². The van der Waals surface area contributed by atoms with Gasteiger partial charge in [0.15, 0.2) is 0 Å². The molecule has 2 amide bonds. The lowest BCUT2D eigenvalue weighted by Gasteiger charge is -2.18. The molecule has 0 aliphatic rings. The van der Waals surface area contributed by atoms with Crippen LogP contribution in [0.1, 0.15) is 19.4 Å². The first-order chi connectivity index (χ1) is 8.81. The summed E-state index contributed by atoms with van der Waals surface area (Å²) in [7, 11) is 0. The smallest absolute Gasteiger partial charge is 0.240 e. The van der Waals surface area contributed by atoms with E-state index in [1.807, 2.05) is 0 Å². The molecule has 0 aromatic heterocycles. The monoisotopic (exact) mass is 270 g/mol. The zero-order valence-electron chi connectivity index (χ0n) is 10.7. The fourth-order valence-corrected chi connectivity index (χ4v) is 1.63. The maximum Gasteiger partial charge on any atom is 0.240 e. The second-order valence-corrected chi connectivity index (χ2v) is 4.60. The number of nitrogens with two attached hydrogens (primary N) is 1. The third-order valence-electron chi connectivity index (χ3n) is 2.66. The van der Waals surface area contributed by atoms with Gasteiger partial charge in [0, 0.05) is 6.07 Å². The molecule has 0 saturated carbocycles. The fraction of sp³-hybridized carbons (Fsp3) is 0.385. The largest absolute Gasteiger partial charge is 0.368 e. The Morgan fingerprint density at radius 1 is 1.32 bits per heavy atom. The van der Waals surface area contributed by atoms with Crippen LogP contribution >= 0.6 is 0 Å². The molecule has 104 valence electrons. The van der Waals surface area contributed by atoms with Gasteiger partial charge in [-0.15, -0.1) is 0 Å². The summed E-state index contributed by atoms with van der Waals surface area (Å²) in [6.07, 6.45) is -0.275. The zero-order valence-corrected chi connectivity index (χ0v) is 10.7. The molecular formula is C13H16F2N2O2. The van der Waals surface area contributed by atoms with E-state index in [0.29, 0.717) is 6.07 Å². The minimum Gasteiger partial charge on any atom is -0.368 e. The molecule has 0 radical (unpaired) electrons. The zero-order chi connectivity index (χ0) is 14.6. The Balaban J connectivity index is 2.72. The molecule has 3 N–H and O–H groups in total. The molecule has 0 spiro atoms. The Bertz CT molecular complexity index is 490. The first-order valence-electron chi connectivity index (χ1n) is 5.84. The van der Waals surface area contributed by atoms with Crippen molar-refractivity contribution in [2.45, 2.75) is 26.3 Å². The van der Waals surface area contributed by atoms with Gasteiger partial charge in [-0.3, -0.25) is 9.59 Å². The number of halogens is 2. The highest BCUT2D eigenvalue weighted by Crippen LogP contribution is 2.10. The van der Waals surface area contributed by atoms with E-state index in [-0.39, 0.29) is 17.9 Å². The third kappa shape index (κ3) is 4.31. The Morgan fingerprint density at radius 3 is 2.42 bits per heavy atom. The van der Waals surface area contributed by atoms with E-state index in [0.717, 1.165) is 6.07 Å². The first-order valence-corrected chi connectivity index (χ1v) is 5.84. The van der Waals surface area contributed by atoms with Crippen molar-refractivity contribution in [1.29, 1.82) is 0 Å². The van der Waals surface area contributed by atoms with Crippen molar-refractivity contribution in [3.05, 3.63) is 35.4 Å². The van der Waals surface area contributed by atoms with Crippen LogP contribution < -0.4 is 11.1 Å². The molecule has 1 atom stereocenters. The van der Waals surface area contributed by atoms with E-state index < -0.39 is 29.5 Å². The van der Waals surface area contributed by atoms with Crippen molar-refractivity contribution < 1.29 is 18.4 Å². The van der Waals surface area contributed by atoms with Crippen LogP contribution in [-0.2, 0) is 16.0 Å². The number of benzene rings is 1. The van der Waals surface area contributed by atoms with E-state index in [1.54, 1.807) is 13.8 Å². The molecule has 1 aromatic rings. The molecule has 0 unspecified atom stereocenters. The van der Waals surface area contributed by atoms with Gasteiger partial charge >= 0.3 is 0 Å². The summed E-state index contributed by atoms with van der Waals surface area (Å²) >= 11 is 0. The number of hydrogen-bond donors (Lipinski definition) is 2. The minimum atomic E-state index is -0.809. The van der Waals surface area contributed by atoms with Gasteiger partial charge in [0.25, 0.3) is 0 Å². The third-order valence-corrected chi connectivity index (χ3v) is 2.66. The lowest BCUT2D eigenvalue weighted by molar-refractivity contribution is -0.128. The number of primary amides is 1. The Morgan fingerprint density at radius 2 is 1.95 bits per heavy atom. The topological polar surface area (TPSA) is 72.2 Å². The highest BCUT2D eigenvalue weighted by atomic mass is 19.1. The molecule has 4 nitrogen and oxygen atoms in total. The summed E-state index contributed by atoms with van der Waals surface area (Å²) < 4.78 is 26.1. The summed E-state index contributed by atoms with van der Waals surface area (Å²) in [6.45, 7) is 3.46. The van der Waals surface area contributed by atoms with Crippen molar-refractivity contribution in [3.63, 3.8) is 0 Å². The van der Waals surface area contributed by atoms with Crippen LogP contribution in [-0.4, -0.2) is 17.9 Å². The van der Waals surface area contributed by atoms with Crippen molar-refractivity contribution in [2.75, 3.05) is 0 Å². The second kappa shape index (κ2) is 6.26. The SMILES string of the molecule is CC(C)[C@H](NC(=O)Cc1ccc(F)cc1F)C(N)=O. The molecule has 0 aliphatic carbocycles. The molecule has 6 heteroatoms. The van der Waals surface area contributed by atoms with Crippen LogP contribution in [0.5, 0.6) is 0 Å². The molecule has 0 aliphatic heterocycles. The van der Waals surface area contributed by atoms with Crippen LogP contribution in [0.25, 0.3) is 0 Å². The van der Waals surface area contributed by atoms with E-state index in [1.165, 1.54) is 6.07 Å². The van der Waals surface area contributed by atoms with Gasteiger partial charge in [-0.2, -0.15) is 0 Å². The molecule has 0 bridgehead atoms. The van der Waals surface area contributed by atoms with E-state index in [4.69, 9.17) is 5.73 Å². The second-order valence-electron chi connectivity index (χ2n) is 4.60. The summed E-state index contributed by atoms with van der Waals surface area (Å²) in [5.74, 6) is -2.86. The molecule has 1 aromatic carbocycles. The average Bonchev–Trinajstić information content (AvgIpc) is 2.29. The lowest BCUT2D eigenvalue weighted by Crippen LogP contribution is -2.48. The summed E-state index contributed by atoms with van der Waals surface area (Å²) in [6, 6.07) is 2.16. The predicted octanol–water partition coefficient (Wildman–Crippen LogP) is 1.13. The first kappa shape index (κ1) is 15.1. The number of rotatable bonds is 5. The van der Waals surface area contributed by atoms with Gasteiger partial charge in [0.1, 0.15) is 17.7 Å². The van der Waals surface area contributed by atoms with Gasteiger partial charge in [0.2, 0.25) is 11.8 Å². The molecule has 0 heterocycles. The summed E-state index contributed by atoms with van der Waals surface area (Å²) in [4.78, 5) is 22.8. The molecule has 0 saturated heterocycles. The van der Waals surface area contributed by atoms with Crippen molar-refractivity contribution in [2.24, 2.45) is 11.7 Å². The lowest BCUT2D eigenvalue weighted by atomic mass is 10.0. The summed E-state index contributed by atoms with van der Waals surface area (Å²) in [5.41, 5.74) is 5.21. The van der Waals surface area contributed by atoms with Crippen molar-refractivity contribution >= 4 is 11.8 Å². The number of carbonyl (C=O) groups excluding carboxylic acids is 2. The van der Waals surface area contributed by atoms with E-state index >= 15 is 0 Å². The number of nitrogens with one attached hydrogen (secondary N) is 1. The highest BCUT2D eigenvalue weighted by molar-refractivity contribution is 5.87. The molecule has 0 fully saturated rings. The van der Waals surface area contributed by atoms with Gasteiger partial charge in [-0.05, 0) is 17.5 Å². The molecular weight excluding hydrogens is 254 g/mol. The van der Waals surface area contributed by atoms with Crippen molar-refractivity contribution in [1.82, 2.24) is 5.32 Å². The van der Waals surface area contributed by atoms with Gasteiger partial charge in [-0.25, -0.2) is 8.78 Å². The number of hydrogen-bond acceptors (Lipinski definition) is 2.